The van der Waals surface area contributed by atoms with Gasteiger partial charge in [0.1, 0.15) is 5.75 Å². The Kier molecular flexibility index (Phi) is 7.91. The molecule has 0 saturated carbocycles. The average molecular weight is 447 g/mol. The number of urea groups is 1. The largest absolute Gasteiger partial charge is 0.492 e. The number of hydrogen-bond donors (Lipinski definition) is 3. The van der Waals surface area contributed by atoms with Gasteiger partial charge in [-0.3, -0.25) is 4.79 Å². The zero-order valence-electron chi connectivity index (χ0n) is 19.4. The molecule has 3 N–H and O–H groups in total. The summed E-state index contributed by atoms with van der Waals surface area (Å²) in [6.07, 6.45) is 0. The zero-order chi connectivity index (χ0) is 23.8. The molecule has 3 aromatic rings. The van der Waals surface area contributed by atoms with E-state index in [0.29, 0.717) is 29.3 Å². The second-order valence-electron chi connectivity index (χ2n) is 7.74. The van der Waals surface area contributed by atoms with Crippen molar-refractivity contribution in [2.45, 2.75) is 19.9 Å². The Morgan fingerprint density at radius 3 is 2.33 bits per heavy atom. The van der Waals surface area contributed by atoms with Gasteiger partial charge in [0.15, 0.2) is 0 Å². The van der Waals surface area contributed by atoms with Crippen molar-refractivity contribution >= 4 is 29.0 Å². The highest BCUT2D eigenvalue weighted by Gasteiger charge is 2.18. The number of para-hydroxylation sites is 2. The fraction of sp³-hybridized carbons (Fsp3) is 0.231. The SMILES string of the molecule is CCOc1ccccc1NC(=O)Nc1ccc(N(C)C)c(C(=O)NC(C)c2ccccc2)c1. The van der Waals surface area contributed by atoms with Crippen LogP contribution in [0.25, 0.3) is 0 Å². The molecule has 172 valence electrons. The highest BCUT2D eigenvalue weighted by molar-refractivity contribution is 6.04. The predicted octanol–water partition coefficient (Wildman–Crippen LogP) is 5.29. The van der Waals surface area contributed by atoms with Gasteiger partial charge in [-0.2, -0.15) is 0 Å². The van der Waals surface area contributed by atoms with E-state index in [2.05, 4.69) is 16.0 Å². The number of nitrogens with one attached hydrogen (secondary N) is 3. The van der Waals surface area contributed by atoms with Gasteiger partial charge in [-0.05, 0) is 49.7 Å². The molecule has 0 spiro atoms. The monoisotopic (exact) mass is 446 g/mol. The fourth-order valence-corrected chi connectivity index (χ4v) is 3.42. The number of ether oxygens (including phenoxy) is 1. The first kappa shape index (κ1) is 23.7. The summed E-state index contributed by atoms with van der Waals surface area (Å²) in [5.41, 5.74) is 3.30. The Morgan fingerprint density at radius 1 is 0.939 bits per heavy atom. The fourth-order valence-electron chi connectivity index (χ4n) is 3.42. The van der Waals surface area contributed by atoms with E-state index in [1.807, 2.05) is 81.4 Å². The van der Waals surface area contributed by atoms with E-state index < -0.39 is 6.03 Å². The van der Waals surface area contributed by atoms with Crippen LogP contribution in [0.3, 0.4) is 0 Å². The van der Waals surface area contributed by atoms with Gasteiger partial charge in [-0.15, -0.1) is 0 Å². The lowest BCUT2D eigenvalue weighted by Gasteiger charge is -2.21. The van der Waals surface area contributed by atoms with Crippen molar-refractivity contribution in [2.75, 3.05) is 36.2 Å². The van der Waals surface area contributed by atoms with Crippen molar-refractivity contribution in [3.05, 3.63) is 83.9 Å². The number of benzene rings is 3. The molecule has 0 heterocycles. The lowest BCUT2D eigenvalue weighted by Crippen LogP contribution is -2.28. The molecule has 0 aliphatic heterocycles. The standard InChI is InChI=1S/C26H30N4O3/c1-5-33-24-14-10-9-13-22(24)29-26(32)28-20-15-16-23(30(3)4)21(17-20)25(31)27-18(2)19-11-7-6-8-12-19/h6-18H,5H2,1-4H3,(H,27,31)(H2,28,29,32). The summed E-state index contributed by atoms with van der Waals surface area (Å²) in [6.45, 7) is 4.31. The maximum atomic E-state index is 13.1. The van der Waals surface area contributed by atoms with E-state index in [1.165, 1.54) is 0 Å². The number of rotatable bonds is 8. The van der Waals surface area contributed by atoms with Crippen LogP contribution in [0, 0.1) is 0 Å². The van der Waals surface area contributed by atoms with Crippen molar-refractivity contribution in [3.8, 4) is 5.75 Å². The van der Waals surface area contributed by atoms with Gasteiger partial charge in [0, 0.05) is 25.5 Å². The molecule has 0 aliphatic carbocycles. The third-order valence-corrected chi connectivity index (χ3v) is 5.06. The summed E-state index contributed by atoms with van der Waals surface area (Å²) < 4.78 is 5.55. The topological polar surface area (TPSA) is 82.7 Å². The lowest BCUT2D eigenvalue weighted by atomic mass is 10.1. The number of amides is 3. The van der Waals surface area contributed by atoms with E-state index in [9.17, 15) is 9.59 Å². The molecule has 0 fully saturated rings. The molecule has 3 rings (SSSR count). The van der Waals surface area contributed by atoms with Crippen LogP contribution in [0.1, 0.15) is 35.8 Å². The summed E-state index contributed by atoms with van der Waals surface area (Å²) in [5.74, 6) is 0.369. The summed E-state index contributed by atoms with van der Waals surface area (Å²) in [7, 11) is 3.74. The van der Waals surface area contributed by atoms with Crippen LogP contribution in [-0.4, -0.2) is 32.6 Å². The quantitative estimate of drug-likeness (QED) is 0.439. The molecule has 0 saturated heterocycles. The summed E-state index contributed by atoms with van der Waals surface area (Å²) >= 11 is 0. The van der Waals surface area contributed by atoms with Gasteiger partial charge in [0.25, 0.3) is 5.91 Å². The number of hydrogen-bond acceptors (Lipinski definition) is 4. The van der Waals surface area contributed by atoms with E-state index in [-0.39, 0.29) is 11.9 Å². The summed E-state index contributed by atoms with van der Waals surface area (Å²) in [5, 5.41) is 8.64. The van der Waals surface area contributed by atoms with Crippen molar-refractivity contribution in [3.63, 3.8) is 0 Å². The zero-order valence-corrected chi connectivity index (χ0v) is 19.4. The third-order valence-electron chi connectivity index (χ3n) is 5.06. The Balaban J connectivity index is 1.77. The molecular weight excluding hydrogens is 416 g/mol. The van der Waals surface area contributed by atoms with E-state index in [1.54, 1.807) is 24.3 Å². The molecule has 0 bridgehead atoms. The van der Waals surface area contributed by atoms with Crippen LogP contribution in [0.2, 0.25) is 0 Å². The molecule has 0 radical (unpaired) electrons. The van der Waals surface area contributed by atoms with Crippen LogP contribution in [-0.2, 0) is 0 Å². The molecule has 7 heteroatoms. The first-order valence-corrected chi connectivity index (χ1v) is 10.9. The van der Waals surface area contributed by atoms with E-state index >= 15 is 0 Å². The highest BCUT2D eigenvalue weighted by Crippen LogP contribution is 2.26. The van der Waals surface area contributed by atoms with Gasteiger partial charge in [-0.1, -0.05) is 42.5 Å². The van der Waals surface area contributed by atoms with E-state index in [4.69, 9.17) is 4.74 Å². The first-order chi connectivity index (χ1) is 15.9. The first-order valence-electron chi connectivity index (χ1n) is 10.9. The molecular formula is C26H30N4O3. The second-order valence-corrected chi connectivity index (χ2v) is 7.74. The molecule has 0 aromatic heterocycles. The second kappa shape index (κ2) is 11.0. The predicted molar refractivity (Wildman–Crippen MR) is 133 cm³/mol. The molecule has 1 unspecified atom stereocenters. The van der Waals surface area contributed by atoms with Crippen LogP contribution in [0.15, 0.2) is 72.8 Å². The summed E-state index contributed by atoms with van der Waals surface area (Å²) in [6, 6.07) is 21.7. The minimum atomic E-state index is -0.427. The van der Waals surface area contributed by atoms with E-state index in [0.717, 1.165) is 11.3 Å². The Labute approximate surface area is 194 Å². The van der Waals surface area contributed by atoms with Gasteiger partial charge in [0.05, 0.1) is 23.9 Å². The number of nitrogens with zero attached hydrogens (tertiary/aromatic N) is 1. The Hall–Kier alpha value is -4.00. The molecule has 33 heavy (non-hydrogen) atoms. The van der Waals surface area contributed by atoms with Crippen LogP contribution < -0.4 is 25.6 Å². The molecule has 0 aliphatic rings. The third kappa shape index (κ3) is 6.26. The minimum absolute atomic E-state index is 0.163. The Bertz CT molecular complexity index is 1100. The number of carbonyl (C=O) groups is 2. The molecule has 1 atom stereocenters. The average Bonchev–Trinajstić information content (AvgIpc) is 2.80. The minimum Gasteiger partial charge on any atom is -0.492 e. The molecule has 7 nitrogen and oxygen atoms in total. The highest BCUT2D eigenvalue weighted by atomic mass is 16.5. The van der Waals surface area contributed by atoms with Crippen molar-refractivity contribution in [1.29, 1.82) is 0 Å². The van der Waals surface area contributed by atoms with Crippen LogP contribution in [0.4, 0.5) is 21.9 Å². The maximum Gasteiger partial charge on any atom is 0.323 e. The van der Waals surface area contributed by atoms with Gasteiger partial charge < -0.3 is 25.6 Å². The normalized spacial score (nSPS) is 11.3. The van der Waals surface area contributed by atoms with Crippen molar-refractivity contribution in [1.82, 2.24) is 5.32 Å². The number of anilines is 3. The van der Waals surface area contributed by atoms with Crippen molar-refractivity contribution in [2.24, 2.45) is 0 Å². The van der Waals surface area contributed by atoms with Gasteiger partial charge in [0.2, 0.25) is 0 Å². The Morgan fingerprint density at radius 2 is 1.64 bits per heavy atom. The van der Waals surface area contributed by atoms with Crippen LogP contribution in [0.5, 0.6) is 5.75 Å². The smallest absolute Gasteiger partial charge is 0.323 e. The van der Waals surface area contributed by atoms with Crippen LogP contribution >= 0.6 is 0 Å². The number of carbonyl (C=O) groups excluding carboxylic acids is 2. The van der Waals surface area contributed by atoms with Gasteiger partial charge >= 0.3 is 6.03 Å². The van der Waals surface area contributed by atoms with Gasteiger partial charge in [-0.25, -0.2) is 4.79 Å². The molecule has 3 aromatic carbocycles. The summed E-state index contributed by atoms with van der Waals surface area (Å²) in [4.78, 5) is 27.6. The lowest BCUT2D eigenvalue weighted by molar-refractivity contribution is 0.0940. The van der Waals surface area contributed by atoms with Crippen molar-refractivity contribution < 1.29 is 14.3 Å². The maximum absolute atomic E-state index is 13.1. The molecule has 3 amide bonds.